The van der Waals surface area contributed by atoms with E-state index in [1.165, 1.54) is 6.20 Å². The Labute approximate surface area is 123 Å². The van der Waals surface area contributed by atoms with Crippen LogP contribution in [0.2, 0.25) is 0 Å². The maximum atomic E-state index is 12.3. The summed E-state index contributed by atoms with van der Waals surface area (Å²) in [6.45, 7) is 4.39. The molecule has 1 aromatic heterocycles. The largest absolute Gasteiger partial charge is 0.491 e. The van der Waals surface area contributed by atoms with Gasteiger partial charge in [0.15, 0.2) is 0 Å². The lowest BCUT2D eigenvalue weighted by molar-refractivity contribution is 0.319. The Hall–Kier alpha value is -2.22. The monoisotopic (exact) mass is 310 g/mol. The van der Waals surface area contributed by atoms with E-state index < -0.39 is 10.0 Å². The number of benzene rings is 1. The van der Waals surface area contributed by atoms with E-state index in [1.54, 1.807) is 18.2 Å². The third kappa shape index (κ3) is 3.46. The zero-order valence-electron chi connectivity index (χ0n) is 11.9. The van der Waals surface area contributed by atoms with E-state index in [1.807, 2.05) is 13.8 Å². The van der Waals surface area contributed by atoms with Crippen molar-refractivity contribution in [3.8, 4) is 5.75 Å². The fourth-order valence-corrected chi connectivity index (χ4v) is 2.84. The van der Waals surface area contributed by atoms with Gasteiger partial charge < -0.3 is 10.5 Å². The lowest BCUT2D eigenvalue weighted by Crippen LogP contribution is -2.15. The van der Waals surface area contributed by atoms with Crippen molar-refractivity contribution in [1.82, 2.24) is 10.2 Å². The Morgan fingerprint density at radius 2 is 2.19 bits per heavy atom. The van der Waals surface area contributed by atoms with Gasteiger partial charge in [-0.3, -0.25) is 9.82 Å². The molecule has 0 aliphatic heterocycles. The van der Waals surface area contributed by atoms with Crippen LogP contribution in [0.4, 0.5) is 11.5 Å². The molecule has 1 aromatic carbocycles. The van der Waals surface area contributed by atoms with Crippen molar-refractivity contribution in [2.45, 2.75) is 25.2 Å². The van der Waals surface area contributed by atoms with Crippen LogP contribution in [0.25, 0.3) is 0 Å². The maximum absolute atomic E-state index is 12.3. The summed E-state index contributed by atoms with van der Waals surface area (Å²) in [6, 6.07) is 5.25. The molecule has 0 fully saturated rings. The van der Waals surface area contributed by atoms with Gasteiger partial charge in [-0.15, -0.1) is 0 Å². The number of rotatable bonds is 6. The van der Waals surface area contributed by atoms with Crippen LogP contribution in [-0.4, -0.2) is 25.2 Å². The van der Waals surface area contributed by atoms with Crippen molar-refractivity contribution in [2.24, 2.45) is 0 Å². The first kappa shape index (κ1) is 15.2. The Morgan fingerprint density at radius 1 is 1.43 bits per heavy atom. The SMILES string of the molecule is CCCOc1cc(C)ccc1NS(=O)(=O)c1cn[nH]c1N. The average Bonchev–Trinajstić information content (AvgIpc) is 2.86. The van der Waals surface area contributed by atoms with Gasteiger partial charge in [-0.25, -0.2) is 8.42 Å². The van der Waals surface area contributed by atoms with Crippen molar-refractivity contribution in [2.75, 3.05) is 17.1 Å². The van der Waals surface area contributed by atoms with Gasteiger partial charge in [-0.2, -0.15) is 5.10 Å². The molecular weight excluding hydrogens is 292 g/mol. The number of anilines is 2. The lowest BCUT2D eigenvalue weighted by atomic mass is 10.2. The van der Waals surface area contributed by atoms with Gasteiger partial charge in [0.1, 0.15) is 16.5 Å². The molecule has 0 amide bonds. The van der Waals surface area contributed by atoms with E-state index in [-0.39, 0.29) is 10.7 Å². The normalized spacial score (nSPS) is 11.3. The first-order valence-corrected chi connectivity index (χ1v) is 7.97. The number of nitrogens with one attached hydrogen (secondary N) is 2. The van der Waals surface area contributed by atoms with Crippen LogP contribution in [-0.2, 0) is 10.0 Å². The number of hydrogen-bond acceptors (Lipinski definition) is 5. The number of hydrogen-bond donors (Lipinski definition) is 3. The second-order valence-corrected chi connectivity index (χ2v) is 6.25. The standard InChI is InChI=1S/C13H18N4O3S/c1-3-6-20-11-7-9(2)4-5-10(11)17-21(18,19)12-8-15-16-13(12)14/h4-5,7-8,17H,3,6H2,1-2H3,(H3,14,15,16). The van der Waals surface area contributed by atoms with Gasteiger partial charge in [-0.05, 0) is 31.0 Å². The molecule has 0 bridgehead atoms. The Kier molecular flexibility index (Phi) is 4.37. The highest BCUT2D eigenvalue weighted by Crippen LogP contribution is 2.29. The van der Waals surface area contributed by atoms with Crippen molar-refractivity contribution in [3.05, 3.63) is 30.0 Å². The second-order valence-electron chi connectivity index (χ2n) is 4.60. The minimum atomic E-state index is -3.81. The molecule has 4 N–H and O–H groups in total. The highest BCUT2D eigenvalue weighted by molar-refractivity contribution is 7.92. The van der Waals surface area contributed by atoms with Gasteiger partial charge >= 0.3 is 0 Å². The van der Waals surface area contributed by atoms with Gasteiger partial charge in [0.25, 0.3) is 10.0 Å². The summed E-state index contributed by atoms with van der Waals surface area (Å²) < 4.78 is 32.6. The Bertz CT molecular complexity index is 725. The number of nitrogens with zero attached hydrogens (tertiary/aromatic N) is 1. The topological polar surface area (TPSA) is 110 Å². The number of H-pyrrole nitrogens is 1. The van der Waals surface area contributed by atoms with E-state index in [2.05, 4.69) is 14.9 Å². The van der Waals surface area contributed by atoms with Gasteiger partial charge in [0.05, 0.1) is 18.5 Å². The van der Waals surface area contributed by atoms with Crippen LogP contribution < -0.4 is 15.2 Å². The lowest BCUT2D eigenvalue weighted by Gasteiger charge is -2.13. The summed E-state index contributed by atoms with van der Waals surface area (Å²) in [5.74, 6) is 0.480. The van der Waals surface area contributed by atoms with Crippen LogP contribution in [0.3, 0.4) is 0 Å². The summed E-state index contributed by atoms with van der Waals surface area (Å²) in [4.78, 5) is -0.0930. The summed E-state index contributed by atoms with van der Waals surface area (Å²) >= 11 is 0. The summed E-state index contributed by atoms with van der Waals surface area (Å²) in [5.41, 5.74) is 6.90. The summed E-state index contributed by atoms with van der Waals surface area (Å²) in [5, 5.41) is 6.01. The molecule has 21 heavy (non-hydrogen) atoms. The third-order valence-corrected chi connectivity index (χ3v) is 4.16. The molecule has 1 heterocycles. The quantitative estimate of drug-likeness (QED) is 0.754. The van der Waals surface area contributed by atoms with Crippen LogP contribution in [0.15, 0.2) is 29.3 Å². The number of nitrogen functional groups attached to an aromatic ring is 1. The molecule has 0 atom stereocenters. The summed E-state index contributed by atoms with van der Waals surface area (Å²) in [6.07, 6.45) is 1.99. The first-order valence-electron chi connectivity index (χ1n) is 6.49. The number of nitrogens with two attached hydrogens (primary N) is 1. The molecule has 0 aliphatic carbocycles. The van der Waals surface area contributed by atoms with Crippen molar-refractivity contribution < 1.29 is 13.2 Å². The highest BCUT2D eigenvalue weighted by atomic mass is 32.2. The number of aryl methyl sites for hydroxylation is 1. The number of aromatic nitrogens is 2. The summed E-state index contributed by atoms with van der Waals surface area (Å²) in [7, 11) is -3.81. The van der Waals surface area contributed by atoms with Crippen molar-refractivity contribution >= 4 is 21.5 Å². The molecule has 2 rings (SSSR count). The van der Waals surface area contributed by atoms with E-state index in [0.717, 1.165) is 12.0 Å². The Morgan fingerprint density at radius 3 is 2.81 bits per heavy atom. The molecule has 8 heteroatoms. The minimum absolute atomic E-state index is 0.00867. The molecule has 0 radical (unpaired) electrons. The molecule has 0 unspecified atom stereocenters. The van der Waals surface area contributed by atoms with Crippen LogP contribution in [0, 0.1) is 6.92 Å². The van der Waals surface area contributed by atoms with Gasteiger partial charge in [0.2, 0.25) is 0 Å². The fraction of sp³-hybridized carbons (Fsp3) is 0.308. The van der Waals surface area contributed by atoms with Crippen LogP contribution in [0.1, 0.15) is 18.9 Å². The molecule has 0 spiro atoms. The average molecular weight is 310 g/mol. The van der Waals surface area contributed by atoms with E-state index in [9.17, 15) is 8.42 Å². The van der Waals surface area contributed by atoms with Gasteiger partial charge in [0, 0.05) is 0 Å². The predicted octanol–water partition coefficient (Wildman–Crippen LogP) is 1.89. The van der Waals surface area contributed by atoms with E-state index >= 15 is 0 Å². The molecule has 0 saturated carbocycles. The van der Waals surface area contributed by atoms with E-state index in [4.69, 9.17) is 10.5 Å². The van der Waals surface area contributed by atoms with Crippen molar-refractivity contribution in [1.29, 1.82) is 0 Å². The fourth-order valence-electron chi connectivity index (χ4n) is 1.74. The zero-order chi connectivity index (χ0) is 15.5. The number of ether oxygens (including phenoxy) is 1. The van der Waals surface area contributed by atoms with Crippen LogP contribution >= 0.6 is 0 Å². The third-order valence-electron chi connectivity index (χ3n) is 2.76. The van der Waals surface area contributed by atoms with Crippen LogP contribution in [0.5, 0.6) is 5.75 Å². The predicted molar refractivity (Wildman–Crippen MR) is 80.8 cm³/mol. The van der Waals surface area contributed by atoms with Crippen molar-refractivity contribution in [3.63, 3.8) is 0 Å². The molecule has 0 aliphatic rings. The molecule has 7 nitrogen and oxygen atoms in total. The van der Waals surface area contributed by atoms with Gasteiger partial charge in [-0.1, -0.05) is 13.0 Å². The first-order chi connectivity index (χ1) is 9.94. The molecular formula is C13H18N4O3S. The number of sulfonamides is 1. The zero-order valence-corrected chi connectivity index (χ0v) is 12.7. The smallest absolute Gasteiger partial charge is 0.267 e. The molecule has 114 valence electrons. The molecule has 0 saturated heterocycles. The molecule has 2 aromatic rings. The second kappa shape index (κ2) is 6.04. The highest BCUT2D eigenvalue weighted by Gasteiger charge is 2.21. The van der Waals surface area contributed by atoms with E-state index in [0.29, 0.717) is 18.0 Å². The number of aromatic amines is 1. The minimum Gasteiger partial charge on any atom is -0.491 e. The Balaban J connectivity index is 2.33. The maximum Gasteiger partial charge on any atom is 0.267 e.